The number of sulfone groups is 1. The topological polar surface area (TPSA) is 76.1 Å². The third kappa shape index (κ3) is 4.95. The van der Waals surface area contributed by atoms with E-state index in [9.17, 15) is 13.2 Å². The highest BCUT2D eigenvalue weighted by atomic mass is 32.2. The lowest BCUT2D eigenvalue weighted by Gasteiger charge is -2.00. The number of amides is 1. The summed E-state index contributed by atoms with van der Waals surface area (Å²) in [6, 6.07) is 7.94. The molecule has 0 bridgehead atoms. The van der Waals surface area contributed by atoms with Crippen LogP contribution in [0.5, 0.6) is 0 Å². The highest BCUT2D eigenvalue weighted by molar-refractivity contribution is 7.90. The monoisotopic (exact) mass is 324 g/mol. The SMILES string of the molecule is Cc1ccc(-c2csc(NC(=O)CCS(C)(=O)=O)n2)cc1. The Kier molecular flexibility index (Phi) is 4.74. The lowest BCUT2D eigenvalue weighted by Crippen LogP contribution is -2.16. The summed E-state index contributed by atoms with van der Waals surface area (Å²) in [7, 11) is -3.13. The molecule has 0 aliphatic carbocycles. The smallest absolute Gasteiger partial charge is 0.227 e. The summed E-state index contributed by atoms with van der Waals surface area (Å²) in [4.78, 5) is 16.0. The summed E-state index contributed by atoms with van der Waals surface area (Å²) < 4.78 is 22.0. The van der Waals surface area contributed by atoms with Crippen molar-refractivity contribution in [1.29, 1.82) is 0 Å². The van der Waals surface area contributed by atoms with Crippen molar-refractivity contribution < 1.29 is 13.2 Å². The van der Waals surface area contributed by atoms with Crippen molar-refractivity contribution in [3.05, 3.63) is 35.2 Å². The highest BCUT2D eigenvalue weighted by Crippen LogP contribution is 2.25. The molecule has 21 heavy (non-hydrogen) atoms. The van der Waals surface area contributed by atoms with Gasteiger partial charge >= 0.3 is 0 Å². The van der Waals surface area contributed by atoms with Crippen LogP contribution in [-0.2, 0) is 14.6 Å². The number of carbonyl (C=O) groups excluding carboxylic acids is 1. The maximum absolute atomic E-state index is 11.6. The zero-order valence-electron chi connectivity index (χ0n) is 11.8. The first-order valence-electron chi connectivity index (χ1n) is 6.34. The van der Waals surface area contributed by atoms with Gasteiger partial charge in [0.1, 0.15) is 9.84 Å². The predicted molar refractivity (Wildman–Crippen MR) is 85.2 cm³/mol. The predicted octanol–water partition coefficient (Wildman–Crippen LogP) is 2.49. The van der Waals surface area contributed by atoms with E-state index >= 15 is 0 Å². The normalized spacial score (nSPS) is 11.3. The van der Waals surface area contributed by atoms with Crippen LogP contribution in [0.3, 0.4) is 0 Å². The number of anilines is 1. The largest absolute Gasteiger partial charge is 0.302 e. The Balaban J connectivity index is 2.00. The molecular formula is C14H16N2O3S2. The van der Waals surface area contributed by atoms with Gasteiger partial charge in [0.2, 0.25) is 5.91 Å². The van der Waals surface area contributed by atoms with Crippen molar-refractivity contribution in [3.63, 3.8) is 0 Å². The Morgan fingerprint density at radius 1 is 1.29 bits per heavy atom. The van der Waals surface area contributed by atoms with E-state index < -0.39 is 9.84 Å². The molecule has 0 fully saturated rings. The van der Waals surface area contributed by atoms with Crippen molar-refractivity contribution in [1.82, 2.24) is 4.98 Å². The van der Waals surface area contributed by atoms with Crippen molar-refractivity contribution in [2.75, 3.05) is 17.3 Å². The van der Waals surface area contributed by atoms with Gasteiger partial charge in [0.25, 0.3) is 0 Å². The first-order valence-corrected chi connectivity index (χ1v) is 9.28. The summed E-state index contributed by atoms with van der Waals surface area (Å²) in [5, 5.41) is 4.95. The van der Waals surface area contributed by atoms with E-state index in [2.05, 4.69) is 10.3 Å². The minimum Gasteiger partial charge on any atom is -0.302 e. The number of thiazole rings is 1. The molecule has 0 saturated heterocycles. The van der Waals surface area contributed by atoms with Gasteiger partial charge < -0.3 is 5.32 Å². The van der Waals surface area contributed by atoms with Crippen LogP contribution in [0.1, 0.15) is 12.0 Å². The molecule has 0 saturated carbocycles. The molecule has 0 aliphatic heterocycles. The standard InChI is InChI=1S/C14H16N2O3S2/c1-10-3-5-11(6-4-10)12-9-20-14(15-12)16-13(17)7-8-21(2,18)19/h3-6,9H,7-8H2,1-2H3,(H,15,16,17). The molecule has 5 nitrogen and oxygen atoms in total. The first kappa shape index (κ1) is 15.7. The van der Waals surface area contributed by atoms with Crippen LogP contribution < -0.4 is 5.32 Å². The second-order valence-corrected chi connectivity index (χ2v) is 7.95. The van der Waals surface area contributed by atoms with Gasteiger partial charge in [-0.2, -0.15) is 0 Å². The van der Waals surface area contributed by atoms with Crippen LogP contribution in [-0.4, -0.2) is 31.3 Å². The van der Waals surface area contributed by atoms with E-state index in [1.54, 1.807) is 0 Å². The number of hydrogen-bond donors (Lipinski definition) is 1. The average Bonchev–Trinajstić information content (AvgIpc) is 2.85. The third-order valence-corrected chi connectivity index (χ3v) is 4.50. The molecule has 1 heterocycles. The van der Waals surface area contributed by atoms with Gasteiger partial charge in [0, 0.05) is 23.6 Å². The van der Waals surface area contributed by atoms with Crippen LogP contribution in [0.15, 0.2) is 29.6 Å². The first-order chi connectivity index (χ1) is 9.83. The van der Waals surface area contributed by atoms with E-state index in [4.69, 9.17) is 0 Å². The molecule has 1 aromatic carbocycles. The quantitative estimate of drug-likeness (QED) is 0.917. The number of nitrogens with one attached hydrogen (secondary N) is 1. The maximum atomic E-state index is 11.6. The molecule has 0 atom stereocenters. The Hall–Kier alpha value is -1.73. The molecule has 7 heteroatoms. The van der Waals surface area contributed by atoms with Crippen LogP contribution >= 0.6 is 11.3 Å². The summed E-state index contributed by atoms with van der Waals surface area (Å²) in [6.07, 6.45) is 1.05. The van der Waals surface area contributed by atoms with Gasteiger partial charge in [-0.1, -0.05) is 29.8 Å². The number of benzene rings is 1. The maximum Gasteiger partial charge on any atom is 0.227 e. The number of hydrogen-bond acceptors (Lipinski definition) is 5. The van der Waals surface area contributed by atoms with Crippen molar-refractivity contribution in [2.24, 2.45) is 0 Å². The second kappa shape index (κ2) is 6.36. The Morgan fingerprint density at radius 3 is 2.57 bits per heavy atom. The molecule has 1 amide bonds. The van der Waals surface area contributed by atoms with E-state index in [0.717, 1.165) is 17.5 Å². The Bertz CT molecular complexity index is 734. The van der Waals surface area contributed by atoms with Crippen molar-refractivity contribution in [3.8, 4) is 11.3 Å². The van der Waals surface area contributed by atoms with Gasteiger partial charge in [0.05, 0.1) is 11.4 Å². The van der Waals surface area contributed by atoms with Gasteiger partial charge in [-0.3, -0.25) is 4.79 Å². The minimum absolute atomic E-state index is 0.0573. The molecule has 0 spiro atoms. The summed E-state index contributed by atoms with van der Waals surface area (Å²) in [6.45, 7) is 2.01. The van der Waals surface area contributed by atoms with Crippen LogP contribution in [0, 0.1) is 6.92 Å². The number of rotatable bonds is 5. The van der Waals surface area contributed by atoms with Crippen molar-refractivity contribution >= 4 is 32.2 Å². The third-order valence-electron chi connectivity index (χ3n) is 2.80. The summed E-state index contributed by atoms with van der Waals surface area (Å²) >= 11 is 1.32. The van der Waals surface area contributed by atoms with E-state index in [1.807, 2.05) is 36.6 Å². The minimum atomic E-state index is -3.13. The van der Waals surface area contributed by atoms with Crippen LogP contribution in [0.25, 0.3) is 11.3 Å². The molecule has 2 rings (SSSR count). The van der Waals surface area contributed by atoms with Gasteiger partial charge in [-0.05, 0) is 6.92 Å². The molecular weight excluding hydrogens is 308 g/mol. The number of carbonyl (C=O) groups is 1. The lowest BCUT2D eigenvalue weighted by molar-refractivity contribution is -0.115. The number of aromatic nitrogens is 1. The summed E-state index contributed by atoms with van der Waals surface area (Å²) in [5.41, 5.74) is 2.94. The Labute approximate surface area is 128 Å². The number of nitrogens with zero attached hydrogens (tertiary/aromatic N) is 1. The van der Waals surface area contributed by atoms with E-state index in [0.29, 0.717) is 5.13 Å². The van der Waals surface area contributed by atoms with Crippen LogP contribution in [0.4, 0.5) is 5.13 Å². The fourth-order valence-corrected chi connectivity index (χ4v) is 2.94. The zero-order valence-corrected chi connectivity index (χ0v) is 13.4. The molecule has 1 aromatic heterocycles. The Morgan fingerprint density at radius 2 is 1.95 bits per heavy atom. The molecule has 0 radical (unpaired) electrons. The molecule has 1 N–H and O–H groups in total. The average molecular weight is 324 g/mol. The van der Waals surface area contributed by atoms with E-state index in [1.165, 1.54) is 16.9 Å². The molecule has 2 aromatic rings. The fourth-order valence-electron chi connectivity index (χ4n) is 1.65. The van der Waals surface area contributed by atoms with Crippen LogP contribution in [0.2, 0.25) is 0 Å². The molecule has 0 aliphatic rings. The fraction of sp³-hybridized carbons (Fsp3) is 0.286. The summed E-state index contributed by atoms with van der Waals surface area (Å²) in [5.74, 6) is -0.500. The lowest BCUT2D eigenvalue weighted by atomic mass is 10.1. The molecule has 0 unspecified atom stereocenters. The van der Waals surface area contributed by atoms with Crippen molar-refractivity contribution in [2.45, 2.75) is 13.3 Å². The zero-order chi connectivity index (χ0) is 15.5. The molecule has 112 valence electrons. The second-order valence-electron chi connectivity index (χ2n) is 4.83. The van der Waals surface area contributed by atoms with Gasteiger partial charge in [-0.15, -0.1) is 11.3 Å². The van der Waals surface area contributed by atoms with Gasteiger partial charge in [0.15, 0.2) is 5.13 Å². The van der Waals surface area contributed by atoms with Gasteiger partial charge in [-0.25, -0.2) is 13.4 Å². The highest BCUT2D eigenvalue weighted by Gasteiger charge is 2.11. The number of aryl methyl sites for hydroxylation is 1. The van der Waals surface area contributed by atoms with E-state index in [-0.39, 0.29) is 18.1 Å².